The summed E-state index contributed by atoms with van der Waals surface area (Å²) in [4.78, 5) is 10.8. The van der Waals surface area contributed by atoms with Gasteiger partial charge in [0.1, 0.15) is 0 Å². The SMILES string of the molecule is Cc1cc(C)cc([C@@H]2CCc3cc(CC(=O)O)ccc3N2)c1. The second kappa shape index (κ2) is 5.84. The van der Waals surface area contributed by atoms with Crippen LogP contribution in [0.4, 0.5) is 5.69 Å². The summed E-state index contributed by atoms with van der Waals surface area (Å²) in [6, 6.07) is 13.0. The highest BCUT2D eigenvalue weighted by atomic mass is 16.4. The lowest BCUT2D eigenvalue weighted by molar-refractivity contribution is -0.136. The van der Waals surface area contributed by atoms with E-state index in [-0.39, 0.29) is 6.42 Å². The highest BCUT2D eigenvalue weighted by Gasteiger charge is 2.20. The van der Waals surface area contributed by atoms with Crippen LogP contribution in [0.15, 0.2) is 36.4 Å². The minimum absolute atomic E-state index is 0.0911. The molecule has 3 rings (SSSR count). The second-order valence-corrected chi connectivity index (χ2v) is 6.22. The number of carboxylic acid groups (broad SMARTS) is 1. The maximum atomic E-state index is 10.8. The minimum atomic E-state index is -0.781. The van der Waals surface area contributed by atoms with Gasteiger partial charge in [-0.1, -0.05) is 41.5 Å². The molecule has 114 valence electrons. The zero-order valence-electron chi connectivity index (χ0n) is 13.0. The van der Waals surface area contributed by atoms with Gasteiger partial charge in [0, 0.05) is 5.69 Å². The van der Waals surface area contributed by atoms with Crippen molar-refractivity contribution in [3.63, 3.8) is 0 Å². The molecule has 1 heterocycles. The summed E-state index contributed by atoms with van der Waals surface area (Å²) in [5.41, 5.74) is 7.14. The van der Waals surface area contributed by atoms with E-state index >= 15 is 0 Å². The van der Waals surface area contributed by atoms with Gasteiger partial charge in [-0.15, -0.1) is 0 Å². The summed E-state index contributed by atoms with van der Waals surface area (Å²) < 4.78 is 0. The molecule has 2 aromatic carbocycles. The molecule has 0 aliphatic carbocycles. The molecule has 22 heavy (non-hydrogen) atoms. The fraction of sp³-hybridized carbons (Fsp3) is 0.316. The molecule has 0 saturated carbocycles. The van der Waals surface area contributed by atoms with Crippen molar-refractivity contribution in [2.24, 2.45) is 0 Å². The number of carboxylic acids is 1. The molecule has 0 unspecified atom stereocenters. The van der Waals surface area contributed by atoms with Crippen molar-refractivity contribution in [3.05, 3.63) is 64.2 Å². The number of rotatable bonds is 3. The van der Waals surface area contributed by atoms with E-state index in [1.165, 1.54) is 22.3 Å². The molecule has 0 fully saturated rings. The summed E-state index contributed by atoms with van der Waals surface area (Å²) >= 11 is 0. The lowest BCUT2D eigenvalue weighted by Crippen LogP contribution is -2.18. The zero-order valence-corrected chi connectivity index (χ0v) is 13.0. The number of hydrogen-bond donors (Lipinski definition) is 2. The van der Waals surface area contributed by atoms with Crippen molar-refractivity contribution in [2.45, 2.75) is 39.2 Å². The predicted octanol–water partition coefficient (Wildman–Crippen LogP) is 4.03. The lowest BCUT2D eigenvalue weighted by Gasteiger charge is -2.28. The molecule has 0 radical (unpaired) electrons. The maximum Gasteiger partial charge on any atom is 0.307 e. The molecule has 2 aromatic rings. The highest BCUT2D eigenvalue weighted by Crippen LogP contribution is 2.33. The Hall–Kier alpha value is -2.29. The number of anilines is 1. The van der Waals surface area contributed by atoms with Gasteiger partial charge >= 0.3 is 5.97 Å². The Morgan fingerprint density at radius 3 is 2.59 bits per heavy atom. The fourth-order valence-corrected chi connectivity index (χ4v) is 3.30. The largest absolute Gasteiger partial charge is 0.481 e. The van der Waals surface area contributed by atoms with Crippen LogP contribution in [0.3, 0.4) is 0 Å². The van der Waals surface area contributed by atoms with Crippen molar-refractivity contribution < 1.29 is 9.90 Å². The van der Waals surface area contributed by atoms with E-state index in [0.29, 0.717) is 6.04 Å². The summed E-state index contributed by atoms with van der Waals surface area (Å²) in [6.07, 6.45) is 2.10. The molecular formula is C19H21NO2. The van der Waals surface area contributed by atoms with E-state index in [4.69, 9.17) is 5.11 Å². The molecule has 2 N–H and O–H groups in total. The van der Waals surface area contributed by atoms with Crippen molar-refractivity contribution in [3.8, 4) is 0 Å². The Bertz CT molecular complexity index is 701. The third-order valence-electron chi connectivity index (χ3n) is 4.20. The third-order valence-corrected chi connectivity index (χ3v) is 4.20. The number of aliphatic carboxylic acids is 1. The summed E-state index contributed by atoms with van der Waals surface area (Å²) in [5.74, 6) is -0.781. The number of aryl methyl sites for hydroxylation is 3. The Morgan fingerprint density at radius 1 is 1.18 bits per heavy atom. The molecule has 0 spiro atoms. The van der Waals surface area contributed by atoms with E-state index in [1.54, 1.807) is 0 Å². The fourth-order valence-electron chi connectivity index (χ4n) is 3.30. The van der Waals surface area contributed by atoms with Gasteiger partial charge in [0.2, 0.25) is 0 Å². The van der Waals surface area contributed by atoms with Crippen molar-refractivity contribution >= 4 is 11.7 Å². The lowest BCUT2D eigenvalue weighted by atomic mass is 9.91. The molecule has 0 saturated heterocycles. The minimum Gasteiger partial charge on any atom is -0.481 e. The average molecular weight is 295 g/mol. The van der Waals surface area contributed by atoms with Crippen LogP contribution in [0.1, 0.15) is 40.3 Å². The third kappa shape index (κ3) is 3.14. The Labute approximate surface area is 131 Å². The topological polar surface area (TPSA) is 49.3 Å². The van der Waals surface area contributed by atoms with Crippen molar-refractivity contribution in [2.75, 3.05) is 5.32 Å². The molecule has 3 heteroatoms. The number of fused-ring (bicyclic) bond motifs is 1. The van der Waals surface area contributed by atoms with Crippen LogP contribution in [0, 0.1) is 13.8 Å². The number of benzene rings is 2. The van der Waals surface area contributed by atoms with Gasteiger partial charge in [-0.3, -0.25) is 4.79 Å². The van der Waals surface area contributed by atoms with Crippen LogP contribution in [-0.4, -0.2) is 11.1 Å². The van der Waals surface area contributed by atoms with Crippen LogP contribution in [-0.2, 0) is 17.6 Å². The number of hydrogen-bond acceptors (Lipinski definition) is 2. The van der Waals surface area contributed by atoms with Crippen molar-refractivity contribution in [1.82, 2.24) is 0 Å². The van der Waals surface area contributed by atoms with Crippen LogP contribution in [0.5, 0.6) is 0 Å². The monoisotopic (exact) mass is 295 g/mol. The number of carbonyl (C=O) groups is 1. The van der Waals surface area contributed by atoms with Gasteiger partial charge < -0.3 is 10.4 Å². The van der Waals surface area contributed by atoms with Gasteiger partial charge in [0.05, 0.1) is 12.5 Å². The first-order valence-electron chi connectivity index (χ1n) is 7.69. The van der Waals surface area contributed by atoms with E-state index < -0.39 is 5.97 Å². The average Bonchev–Trinajstić information content (AvgIpc) is 2.45. The maximum absolute atomic E-state index is 10.8. The zero-order chi connectivity index (χ0) is 15.7. The first-order chi connectivity index (χ1) is 10.5. The first kappa shape index (κ1) is 14.6. The van der Waals surface area contributed by atoms with Gasteiger partial charge in [-0.25, -0.2) is 0 Å². The molecular weight excluding hydrogens is 274 g/mol. The van der Waals surface area contributed by atoms with E-state index in [2.05, 4.69) is 37.4 Å². The Balaban J connectivity index is 1.83. The standard InChI is InChI=1S/C19H21NO2/c1-12-7-13(2)9-16(8-12)18-6-4-15-10-14(11-19(21)22)3-5-17(15)20-18/h3,5,7-10,18,20H,4,6,11H2,1-2H3,(H,21,22)/t18-/m0/s1. The van der Waals surface area contributed by atoms with Gasteiger partial charge in [0.25, 0.3) is 0 Å². The first-order valence-corrected chi connectivity index (χ1v) is 7.69. The Morgan fingerprint density at radius 2 is 1.91 bits per heavy atom. The predicted molar refractivity (Wildman–Crippen MR) is 88.4 cm³/mol. The van der Waals surface area contributed by atoms with Crippen LogP contribution >= 0.6 is 0 Å². The molecule has 0 aromatic heterocycles. The molecule has 3 nitrogen and oxygen atoms in total. The van der Waals surface area contributed by atoms with Gasteiger partial charge in [0.15, 0.2) is 0 Å². The van der Waals surface area contributed by atoms with Crippen LogP contribution in [0.25, 0.3) is 0 Å². The van der Waals surface area contributed by atoms with E-state index in [0.717, 1.165) is 24.1 Å². The van der Waals surface area contributed by atoms with E-state index in [1.807, 2.05) is 18.2 Å². The smallest absolute Gasteiger partial charge is 0.307 e. The molecule has 1 aliphatic rings. The molecule has 1 atom stereocenters. The van der Waals surface area contributed by atoms with Gasteiger partial charge in [-0.2, -0.15) is 0 Å². The quantitative estimate of drug-likeness (QED) is 0.898. The summed E-state index contributed by atoms with van der Waals surface area (Å²) in [7, 11) is 0. The Kier molecular flexibility index (Phi) is 3.88. The second-order valence-electron chi connectivity index (χ2n) is 6.22. The normalized spacial score (nSPS) is 16.7. The van der Waals surface area contributed by atoms with Gasteiger partial charge in [-0.05, 0) is 49.4 Å². The van der Waals surface area contributed by atoms with Crippen LogP contribution in [0.2, 0.25) is 0 Å². The van der Waals surface area contributed by atoms with Crippen molar-refractivity contribution in [1.29, 1.82) is 0 Å². The highest BCUT2D eigenvalue weighted by molar-refractivity contribution is 5.71. The van der Waals surface area contributed by atoms with Crippen LogP contribution < -0.4 is 5.32 Å². The van der Waals surface area contributed by atoms with E-state index in [9.17, 15) is 4.79 Å². The molecule has 1 aliphatic heterocycles. The number of nitrogens with one attached hydrogen (secondary N) is 1. The molecule has 0 bridgehead atoms. The summed E-state index contributed by atoms with van der Waals surface area (Å²) in [5, 5.41) is 12.5. The summed E-state index contributed by atoms with van der Waals surface area (Å²) in [6.45, 7) is 4.26. The molecule has 0 amide bonds.